The number of amides is 3. The quantitative estimate of drug-likeness (QED) is 0.889. The molecule has 0 bridgehead atoms. The number of hydrogen-bond donors (Lipinski definition) is 2. The molecule has 1 heterocycles. The smallest absolute Gasteiger partial charge is 0.319 e. The number of morpholine rings is 1. The van der Waals surface area contributed by atoms with E-state index in [0.29, 0.717) is 32.0 Å². The van der Waals surface area contributed by atoms with Gasteiger partial charge >= 0.3 is 6.03 Å². The molecule has 1 aromatic rings. The Labute approximate surface area is 130 Å². The number of ether oxygens (including phenoxy) is 1. The Balaban J connectivity index is 1.95. The zero-order chi connectivity index (χ0) is 15.9. The Morgan fingerprint density at radius 2 is 1.77 bits per heavy atom. The van der Waals surface area contributed by atoms with Crippen molar-refractivity contribution in [1.82, 2.24) is 10.2 Å². The van der Waals surface area contributed by atoms with Crippen LogP contribution in [0.5, 0.6) is 0 Å². The third kappa shape index (κ3) is 4.46. The van der Waals surface area contributed by atoms with Gasteiger partial charge in [0.25, 0.3) is 0 Å². The van der Waals surface area contributed by atoms with Crippen molar-refractivity contribution in [1.29, 1.82) is 0 Å². The minimum absolute atomic E-state index is 0.0110. The minimum Gasteiger partial charge on any atom is -0.378 e. The average molecular weight is 305 g/mol. The van der Waals surface area contributed by atoms with Gasteiger partial charge in [-0.3, -0.25) is 4.79 Å². The van der Waals surface area contributed by atoms with Crippen molar-refractivity contribution >= 4 is 17.6 Å². The maximum atomic E-state index is 12.6. The van der Waals surface area contributed by atoms with E-state index in [9.17, 15) is 9.59 Å². The van der Waals surface area contributed by atoms with Crippen molar-refractivity contribution < 1.29 is 14.3 Å². The number of hydrogen-bond acceptors (Lipinski definition) is 3. The predicted molar refractivity (Wildman–Crippen MR) is 84.6 cm³/mol. The van der Waals surface area contributed by atoms with Crippen molar-refractivity contribution in [2.24, 2.45) is 5.92 Å². The fourth-order valence-corrected chi connectivity index (χ4v) is 2.32. The van der Waals surface area contributed by atoms with Gasteiger partial charge in [0.2, 0.25) is 5.91 Å². The van der Waals surface area contributed by atoms with E-state index in [0.717, 1.165) is 0 Å². The molecule has 120 valence electrons. The van der Waals surface area contributed by atoms with Gasteiger partial charge in [0.15, 0.2) is 0 Å². The molecule has 0 aromatic heterocycles. The third-order valence-electron chi connectivity index (χ3n) is 3.57. The average Bonchev–Trinajstić information content (AvgIpc) is 2.53. The summed E-state index contributed by atoms with van der Waals surface area (Å²) in [4.78, 5) is 26.4. The van der Waals surface area contributed by atoms with Crippen molar-refractivity contribution in [3.8, 4) is 0 Å². The molecule has 6 heteroatoms. The Morgan fingerprint density at radius 3 is 2.36 bits per heavy atom. The van der Waals surface area contributed by atoms with Crippen LogP contribution >= 0.6 is 0 Å². The summed E-state index contributed by atoms with van der Waals surface area (Å²) in [5.41, 5.74) is 0.696. The lowest BCUT2D eigenvalue weighted by Gasteiger charge is -2.32. The Kier molecular flexibility index (Phi) is 5.77. The van der Waals surface area contributed by atoms with Gasteiger partial charge in [0.05, 0.1) is 13.2 Å². The van der Waals surface area contributed by atoms with E-state index in [1.807, 2.05) is 32.0 Å². The normalized spacial score (nSPS) is 16.2. The molecule has 1 saturated heterocycles. The van der Waals surface area contributed by atoms with Crippen LogP contribution in [0.3, 0.4) is 0 Å². The zero-order valence-corrected chi connectivity index (χ0v) is 13.0. The maximum absolute atomic E-state index is 12.6. The highest BCUT2D eigenvalue weighted by atomic mass is 16.5. The predicted octanol–water partition coefficient (Wildman–Crippen LogP) is 1.69. The van der Waals surface area contributed by atoms with Crippen LogP contribution in [0.4, 0.5) is 10.5 Å². The van der Waals surface area contributed by atoms with Gasteiger partial charge in [-0.25, -0.2) is 4.79 Å². The van der Waals surface area contributed by atoms with Crippen molar-refractivity contribution in [3.05, 3.63) is 30.3 Å². The van der Waals surface area contributed by atoms with Gasteiger partial charge in [-0.15, -0.1) is 0 Å². The van der Waals surface area contributed by atoms with Gasteiger partial charge in [0, 0.05) is 18.8 Å². The molecule has 1 aliphatic rings. The van der Waals surface area contributed by atoms with Crippen LogP contribution in [0.15, 0.2) is 30.3 Å². The summed E-state index contributed by atoms with van der Waals surface area (Å²) in [7, 11) is 0. The lowest BCUT2D eigenvalue weighted by molar-refractivity contribution is -0.138. The molecule has 0 radical (unpaired) electrons. The number of rotatable bonds is 4. The molecule has 1 atom stereocenters. The van der Waals surface area contributed by atoms with Gasteiger partial charge < -0.3 is 20.3 Å². The van der Waals surface area contributed by atoms with E-state index in [2.05, 4.69) is 10.6 Å². The van der Waals surface area contributed by atoms with Gasteiger partial charge in [0.1, 0.15) is 6.04 Å². The second-order valence-electron chi connectivity index (χ2n) is 5.62. The highest BCUT2D eigenvalue weighted by molar-refractivity contribution is 5.93. The van der Waals surface area contributed by atoms with Crippen LogP contribution in [0, 0.1) is 5.92 Å². The summed E-state index contributed by atoms with van der Waals surface area (Å²) in [6, 6.07) is 8.25. The van der Waals surface area contributed by atoms with E-state index < -0.39 is 6.04 Å². The van der Waals surface area contributed by atoms with Crippen LogP contribution in [0.2, 0.25) is 0 Å². The van der Waals surface area contributed by atoms with E-state index >= 15 is 0 Å². The minimum atomic E-state index is -0.540. The van der Waals surface area contributed by atoms with E-state index in [4.69, 9.17) is 4.74 Å². The van der Waals surface area contributed by atoms with Crippen molar-refractivity contribution in [3.63, 3.8) is 0 Å². The van der Waals surface area contributed by atoms with Gasteiger partial charge in [-0.05, 0) is 18.1 Å². The topological polar surface area (TPSA) is 70.7 Å². The lowest BCUT2D eigenvalue weighted by atomic mass is 10.0. The summed E-state index contributed by atoms with van der Waals surface area (Å²) < 4.78 is 5.26. The molecular formula is C16H23N3O3. The summed E-state index contributed by atoms with van der Waals surface area (Å²) in [5, 5.41) is 5.52. The fourth-order valence-electron chi connectivity index (χ4n) is 2.32. The summed E-state index contributed by atoms with van der Waals surface area (Å²) in [6.45, 7) is 6.09. The molecule has 2 rings (SSSR count). The Morgan fingerprint density at radius 1 is 1.14 bits per heavy atom. The number of benzene rings is 1. The second-order valence-corrected chi connectivity index (χ2v) is 5.62. The van der Waals surface area contributed by atoms with E-state index in [1.165, 1.54) is 0 Å². The second kappa shape index (κ2) is 7.79. The molecular weight excluding hydrogens is 282 g/mol. The largest absolute Gasteiger partial charge is 0.378 e. The first kappa shape index (κ1) is 16.3. The fraction of sp³-hybridized carbons (Fsp3) is 0.500. The molecule has 0 saturated carbocycles. The van der Waals surface area contributed by atoms with Crippen molar-refractivity contribution in [2.75, 3.05) is 31.6 Å². The first-order valence-electron chi connectivity index (χ1n) is 7.57. The number of nitrogens with zero attached hydrogens (tertiary/aromatic N) is 1. The molecule has 0 unspecified atom stereocenters. The molecule has 1 aromatic carbocycles. The monoisotopic (exact) mass is 305 g/mol. The molecule has 1 aliphatic heterocycles. The SMILES string of the molecule is CC(C)[C@H](NC(=O)Nc1ccccc1)C(=O)N1CCOCC1. The molecule has 2 N–H and O–H groups in total. The van der Waals surface area contributed by atoms with Crippen LogP contribution in [0.25, 0.3) is 0 Å². The number of para-hydroxylation sites is 1. The van der Waals surface area contributed by atoms with Crippen LogP contribution in [0.1, 0.15) is 13.8 Å². The number of urea groups is 1. The Hall–Kier alpha value is -2.08. The lowest BCUT2D eigenvalue weighted by Crippen LogP contribution is -2.54. The third-order valence-corrected chi connectivity index (χ3v) is 3.57. The van der Waals surface area contributed by atoms with E-state index in [1.54, 1.807) is 17.0 Å². The highest BCUT2D eigenvalue weighted by Crippen LogP contribution is 2.10. The van der Waals surface area contributed by atoms with Crippen LogP contribution < -0.4 is 10.6 Å². The number of anilines is 1. The first-order chi connectivity index (χ1) is 10.6. The molecule has 6 nitrogen and oxygen atoms in total. The number of nitrogens with one attached hydrogen (secondary N) is 2. The number of carbonyl (C=O) groups is 2. The highest BCUT2D eigenvalue weighted by Gasteiger charge is 2.29. The molecule has 0 spiro atoms. The van der Waals surface area contributed by atoms with E-state index in [-0.39, 0.29) is 17.9 Å². The van der Waals surface area contributed by atoms with Gasteiger partial charge in [-0.1, -0.05) is 32.0 Å². The first-order valence-corrected chi connectivity index (χ1v) is 7.57. The molecule has 3 amide bonds. The molecule has 0 aliphatic carbocycles. The zero-order valence-electron chi connectivity index (χ0n) is 13.0. The maximum Gasteiger partial charge on any atom is 0.319 e. The van der Waals surface area contributed by atoms with Crippen molar-refractivity contribution in [2.45, 2.75) is 19.9 Å². The molecule has 1 fully saturated rings. The van der Waals surface area contributed by atoms with Crippen LogP contribution in [-0.4, -0.2) is 49.2 Å². The Bertz CT molecular complexity index is 499. The summed E-state index contributed by atoms with van der Waals surface area (Å²) in [6.07, 6.45) is 0. The summed E-state index contributed by atoms with van der Waals surface area (Å²) in [5.74, 6) is -0.0432. The van der Waals surface area contributed by atoms with Gasteiger partial charge in [-0.2, -0.15) is 0 Å². The molecule has 22 heavy (non-hydrogen) atoms. The van der Waals surface area contributed by atoms with Crippen LogP contribution in [-0.2, 0) is 9.53 Å². The summed E-state index contributed by atoms with van der Waals surface area (Å²) >= 11 is 0. The number of carbonyl (C=O) groups excluding carboxylic acids is 2. The standard InChI is InChI=1S/C16H23N3O3/c1-12(2)14(15(20)19-8-10-22-11-9-19)18-16(21)17-13-6-4-3-5-7-13/h3-7,12,14H,8-11H2,1-2H3,(H2,17,18,21)/t14-/m0/s1.